The molecule has 0 aliphatic carbocycles. The van der Waals surface area contributed by atoms with Crippen LogP contribution in [0.3, 0.4) is 0 Å². The van der Waals surface area contributed by atoms with E-state index in [1.54, 1.807) is 24.5 Å². The monoisotopic (exact) mass is 300 g/mol. The minimum atomic E-state index is -0.543. The molecule has 0 unspecified atom stereocenters. The van der Waals surface area contributed by atoms with Gasteiger partial charge in [0, 0.05) is 11.8 Å². The summed E-state index contributed by atoms with van der Waals surface area (Å²) in [6.45, 7) is 7.95. The number of hydrogen-bond acceptors (Lipinski definition) is 4. The van der Waals surface area contributed by atoms with Gasteiger partial charge in [0.1, 0.15) is 5.82 Å². The van der Waals surface area contributed by atoms with E-state index in [2.05, 4.69) is 9.97 Å². The Hall–Kier alpha value is -1.79. The van der Waals surface area contributed by atoms with Crippen molar-refractivity contribution >= 4 is 12.7 Å². The van der Waals surface area contributed by atoms with Gasteiger partial charge in [0.2, 0.25) is 0 Å². The number of benzene rings is 1. The van der Waals surface area contributed by atoms with Crippen molar-refractivity contribution in [1.82, 2.24) is 9.97 Å². The summed E-state index contributed by atoms with van der Waals surface area (Å²) in [6, 6.07) is 6.27. The number of aromatic nitrogens is 2. The van der Waals surface area contributed by atoms with Gasteiger partial charge in [0.15, 0.2) is 0 Å². The first kappa shape index (κ1) is 15.1. The number of hydrogen-bond donors (Lipinski definition) is 0. The molecule has 1 saturated heterocycles. The third-order valence-corrected chi connectivity index (χ3v) is 4.29. The molecule has 6 heteroatoms. The Morgan fingerprint density at radius 1 is 1.00 bits per heavy atom. The number of nitrogens with zero attached hydrogens (tertiary/aromatic N) is 2. The minimum absolute atomic E-state index is 0.297. The molecule has 1 aromatic carbocycles. The van der Waals surface area contributed by atoms with Crippen LogP contribution in [0, 0.1) is 5.82 Å². The van der Waals surface area contributed by atoms with Crippen molar-refractivity contribution in [3.05, 3.63) is 42.5 Å². The van der Waals surface area contributed by atoms with Crippen LogP contribution in [0.5, 0.6) is 0 Å². The van der Waals surface area contributed by atoms with Crippen LogP contribution in [-0.2, 0) is 9.31 Å². The van der Waals surface area contributed by atoms with Gasteiger partial charge >= 0.3 is 7.12 Å². The van der Waals surface area contributed by atoms with Crippen LogP contribution in [0.25, 0.3) is 11.3 Å². The summed E-state index contributed by atoms with van der Waals surface area (Å²) in [6.07, 6.45) is 3.22. The Balaban J connectivity index is 1.84. The lowest BCUT2D eigenvalue weighted by atomic mass is 9.85. The third-order valence-electron chi connectivity index (χ3n) is 4.29. The van der Waals surface area contributed by atoms with Gasteiger partial charge in [-0.1, -0.05) is 12.1 Å². The lowest BCUT2D eigenvalue weighted by Crippen LogP contribution is -2.41. The molecule has 2 heterocycles. The molecule has 0 bridgehead atoms. The van der Waals surface area contributed by atoms with E-state index in [1.165, 1.54) is 12.1 Å². The highest BCUT2D eigenvalue weighted by atomic mass is 19.1. The maximum atomic E-state index is 13.3. The summed E-state index contributed by atoms with van der Waals surface area (Å²) in [5, 5.41) is 0. The summed E-state index contributed by atoms with van der Waals surface area (Å²) in [5.74, 6) is -0.297. The predicted molar refractivity (Wildman–Crippen MR) is 83.1 cm³/mol. The summed E-state index contributed by atoms with van der Waals surface area (Å²) >= 11 is 0. The second kappa shape index (κ2) is 5.14. The predicted octanol–water partition coefficient (Wildman–Crippen LogP) is 2.58. The zero-order valence-electron chi connectivity index (χ0n) is 13.1. The van der Waals surface area contributed by atoms with Crippen molar-refractivity contribution < 1.29 is 13.7 Å². The van der Waals surface area contributed by atoms with E-state index < -0.39 is 18.3 Å². The maximum absolute atomic E-state index is 13.3. The first-order valence-electron chi connectivity index (χ1n) is 7.22. The Kier molecular flexibility index (Phi) is 3.53. The highest BCUT2D eigenvalue weighted by Crippen LogP contribution is 2.36. The SMILES string of the molecule is CC1(C)OB(c2cnc(-c3cccc(F)c3)cn2)OC1(C)C. The largest absolute Gasteiger partial charge is 0.516 e. The van der Waals surface area contributed by atoms with Gasteiger partial charge in [0.05, 0.1) is 28.7 Å². The van der Waals surface area contributed by atoms with E-state index >= 15 is 0 Å². The highest BCUT2D eigenvalue weighted by molar-refractivity contribution is 6.61. The van der Waals surface area contributed by atoms with Gasteiger partial charge < -0.3 is 9.31 Å². The fourth-order valence-corrected chi connectivity index (χ4v) is 2.22. The van der Waals surface area contributed by atoms with E-state index in [-0.39, 0.29) is 5.82 Å². The van der Waals surface area contributed by atoms with E-state index in [9.17, 15) is 4.39 Å². The summed E-state index contributed by atoms with van der Waals surface area (Å²) in [7, 11) is -0.543. The van der Waals surface area contributed by atoms with E-state index in [0.29, 0.717) is 16.9 Å². The Morgan fingerprint density at radius 3 is 2.23 bits per heavy atom. The molecule has 0 spiro atoms. The van der Waals surface area contributed by atoms with Gasteiger partial charge in [-0.3, -0.25) is 9.97 Å². The topological polar surface area (TPSA) is 44.2 Å². The zero-order valence-corrected chi connectivity index (χ0v) is 13.1. The van der Waals surface area contributed by atoms with Crippen molar-refractivity contribution in [2.24, 2.45) is 0 Å². The van der Waals surface area contributed by atoms with E-state index in [0.717, 1.165) is 0 Å². The fraction of sp³-hybridized carbons (Fsp3) is 0.375. The first-order valence-corrected chi connectivity index (χ1v) is 7.22. The highest BCUT2D eigenvalue weighted by Gasteiger charge is 2.52. The molecule has 1 aliphatic rings. The lowest BCUT2D eigenvalue weighted by molar-refractivity contribution is 0.00578. The van der Waals surface area contributed by atoms with Gasteiger partial charge in [-0.15, -0.1) is 0 Å². The Labute approximate surface area is 129 Å². The van der Waals surface area contributed by atoms with Gasteiger partial charge in [-0.05, 0) is 39.8 Å². The molecule has 3 rings (SSSR count). The van der Waals surface area contributed by atoms with Crippen LogP contribution in [0.2, 0.25) is 0 Å². The number of halogens is 1. The molecular weight excluding hydrogens is 282 g/mol. The summed E-state index contributed by atoms with van der Waals surface area (Å²) in [4.78, 5) is 8.70. The van der Waals surface area contributed by atoms with Crippen LogP contribution in [0.1, 0.15) is 27.7 Å². The van der Waals surface area contributed by atoms with Gasteiger partial charge in [0.25, 0.3) is 0 Å². The molecule has 0 saturated carbocycles. The first-order chi connectivity index (χ1) is 10.3. The smallest absolute Gasteiger partial charge is 0.398 e. The quantitative estimate of drug-likeness (QED) is 0.800. The standard InChI is InChI=1S/C16H18BFN2O2/c1-15(2)16(3,4)22-17(21-15)14-10-19-13(9-20-14)11-6-5-7-12(18)8-11/h5-10H,1-4H3. The molecule has 0 radical (unpaired) electrons. The van der Waals surface area contributed by atoms with Gasteiger partial charge in [-0.25, -0.2) is 4.39 Å². The molecule has 0 atom stereocenters. The molecule has 0 amide bonds. The summed E-state index contributed by atoms with van der Waals surface area (Å²) in [5.41, 5.74) is 1.08. The van der Waals surface area contributed by atoms with Crippen molar-refractivity contribution in [3.63, 3.8) is 0 Å². The van der Waals surface area contributed by atoms with Gasteiger partial charge in [-0.2, -0.15) is 0 Å². The molecule has 4 nitrogen and oxygen atoms in total. The van der Waals surface area contributed by atoms with Crippen molar-refractivity contribution in [1.29, 1.82) is 0 Å². The second-order valence-corrected chi connectivity index (χ2v) is 6.43. The Morgan fingerprint density at radius 2 is 1.68 bits per heavy atom. The van der Waals surface area contributed by atoms with Crippen LogP contribution in [0.4, 0.5) is 4.39 Å². The average molecular weight is 300 g/mol. The van der Waals surface area contributed by atoms with E-state index in [4.69, 9.17) is 9.31 Å². The average Bonchev–Trinajstić information content (AvgIpc) is 2.68. The molecule has 114 valence electrons. The van der Waals surface area contributed by atoms with Crippen LogP contribution in [0.15, 0.2) is 36.7 Å². The summed E-state index contributed by atoms with van der Waals surface area (Å²) < 4.78 is 25.1. The molecule has 2 aromatic rings. The van der Waals surface area contributed by atoms with Crippen molar-refractivity contribution in [3.8, 4) is 11.3 Å². The maximum Gasteiger partial charge on any atom is 0.516 e. The third kappa shape index (κ3) is 2.64. The fourth-order valence-electron chi connectivity index (χ4n) is 2.22. The van der Waals surface area contributed by atoms with Crippen LogP contribution in [-0.4, -0.2) is 28.3 Å². The van der Waals surface area contributed by atoms with Crippen LogP contribution < -0.4 is 5.59 Å². The Bertz CT molecular complexity index is 673. The molecule has 1 aliphatic heterocycles. The molecule has 1 aromatic heterocycles. The minimum Gasteiger partial charge on any atom is -0.398 e. The van der Waals surface area contributed by atoms with Crippen LogP contribution >= 0.6 is 0 Å². The molecule has 22 heavy (non-hydrogen) atoms. The zero-order chi connectivity index (χ0) is 16.0. The number of rotatable bonds is 2. The molecular formula is C16H18BFN2O2. The molecule has 1 fully saturated rings. The molecule has 0 N–H and O–H groups in total. The van der Waals surface area contributed by atoms with E-state index in [1.807, 2.05) is 27.7 Å². The van der Waals surface area contributed by atoms with Crippen molar-refractivity contribution in [2.45, 2.75) is 38.9 Å². The lowest BCUT2D eigenvalue weighted by Gasteiger charge is -2.32. The van der Waals surface area contributed by atoms with Crippen molar-refractivity contribution in [2.75, 3.05) is 0 Å². The second-order valence-electron chi connectivity index (χ2n) is 6.43. The normalized spacial score (nSPS) is 19.4.